The molecule has 0 bridgehead atoms. The molecule has 8 heteroatoms. The Balaban J connectivity index is 1.90. The normalized spacial score (nSPS) is 11.7. The van der Waals surface area contributed by atoms with Gasteiger partial charge in [0.1, 0.15) is 17.5 Å². The lowest BCUT2D eigenvalue weighted by Gasteiger charge is -2.16. The third kappa shape index (κ3) is 3.55. The van der Waals surface area contributed by atoms with Crippen LogP contribution in [0.5, 0.6) is 5.75 Å². The van der Waals surface area contributed by atoms with Gasteiger partial charge in [-0.05, 0) is 12.1 Å². The molecule has 0 saturated heterocycles. The zero-order valence-corrected chi connectivity index (χ0v) is 17.8. The summed E-state index contributed by atoms with van der Waals surface area (Å²) >= 11 is 0. The number of aromatic nitrogens is 3. The van der Waals surface area contributed by atoms with Gasteiger partial charge in [0.05, 0.1) is 12.7 Å². The number of benzene rings is 1. The maximum absolute atomic E-state index is 12.2. The minimum atomic E-state index is -1.35. The molecule has 0 spiro atoms. The van der Waals surface area contributed by atoms with Gasteiger partial charge in [-0.25, -0.2) is 4.98 Å². The lowest BCUT2D eigenvalue weighted by molar-refractivity contribution is -0.137. The van der Waals surface area contributed by atoms with Gasteiger partial charge in [-0.3, -0.25) is 9.78 Å². The van der Waals surface area contributed by atoms with E-state index in [0.717, 1.165) is 11.1 Å². The zero-order chi connectivity index (χ0) is 22.8. The van der Waals surface area contributed by atoms with Gasteiger partial charge >= 0.3 is 0 Å². The van der Waals surface area contributed by atoms with Crippen LogP contribution in [0.2, 0.25) is 0 Å². The number of methoxy groups -OCH3 is 1. The van der Waals surface area contributed by atoms with Crippen molar-refractivity contribution in [2.45, 2.75) is 6.10 Å². The van der Waals surface area contributed by atoms with Crippen molar-refractivity contribution in [1.82, 2.24) is 19.9 Å². The number of likely N-dealkylation sites (N-methyl/N-ethyl adjacent to an activating group) is 1. The van der Waals surface area contributed by atoms with E-state index in [1.165, 1.54) is 11.1 Å². The topological polar surface area (TPSA) is 115 Å². The maximum Gasteiger partial charge on any atom is 0.255 e. The minimum absolute atomic E-state index is 0.337. The second-order valence-electron chi connectivity index (χ2n) is 7.43. The maximum atomic E-state index is 12.2. The van der Waals surface area contributed by atoms with Crippen LogP contribution >= 0.6 is 0 Å². The molecule has 1 unspecified atom stereocenters. The number of para-hydroxylation sites is 1. The van der Waals surface area contributed by atoms with Gasteiger partial charge in [-0.1, -0.05) is 18.2 Å². The molecule has 8 nitrogen and oxygen atoms in total. The molecule has 32 heavy (non-hydrogen) atoms. The smallest absolute Gasteiger partial charge is 0.255 e. The number of nitrogens with one attached hydrogen (secondary N) is 1. The summed E-state index contributed by atoms with van der Waals surface area (Å²) in [5.74, 6) is 0.221. The first-order chi connectivity index (χ1) is 15.5. The number of aliphatic hydroxyl groups excluding tert-OH is 1. The highest BCUT2D eigenvalue weighted by Crippen LogP contribution is 2.38. The number of hydrogen-bond acceptors (Lipinski definition) is 6. The molecule has 160 valence electrons. The number of hydrogen-bond donors (Lipinski definition) is 2. The molecule has 0 saturated carbocycles. The number of aromatic amines is 1. The predicted octanol–water partition coefficient (Wildman–Crippen LogP) is 3.29. The van der Waals surface area contributed by atoms with Crippen molar-refractivity contribution in [3.63, 3.8) is 0 Å². The van der Waals surface area contributed by atoms with Crippen LogP contribution in [0.1, 0.15) is 17.2 Å². The number of fused-ring (bicyclic) bond motifs is 1. The van der Waals surface area contributed by atoms with E-state index in [1.54, 1.807) is 45.9 Å². The first-order valence-electron chi connectivity index (χ1n) is 9.84. The molecule has 1 atom stereocenters. The molecule has 4 aromatic rings. The van der Waals surface area contributed by atoms with E-state index < -0.39 is 12.0 Å². The third-order valence-electron chi connectivity index (χ3n) is 5.27. The zero-order valence-electron chi connectivity index (χ0n) is 17.8. The Kier molecular flexibility index (Phi) is 5.58. The molecule has 3 heterocycles. The number of H-pyrrole nitrogens is 1. The lowest BCUT2D eigenvalue weighted by Crippen LogP contribution is -2.28. The van der Waals surface area contributed by atoms with E-state index >= 15 is 0 Å². The number of amides is 1. The second kappa shape index (κ2) is 8.49. The van der Waals surface area contributed by atoms with E-state index in [4.69, 9.17) is 4.74 Å². The fraction of sp³-hybridized carbons (Fsp3) is 0.167. The third-order valence-corrected chi connectivity index (χ3v) is 5.27. The van der Waals surface area contributed by atoms with Crippen molar-refractivity contribution in [3.8, 4) is 34.1 Å². The van der Waals surface area contributed by atoms with E-state index in [1.807, 2.05) is 24.3 Å². The molecule has 0 aliphatic carbocycles. The number of pyridine rings is 2. The molecule has 0 fully saturated rings. The van der Waals surface area contributed by atoms with Crippen molar-refractivity contribution in [2.75, 3.05) is 21.2 Å². The Morgan fingerprint density at radius 3 is 2.69 bits per heavy atom. The average Bonchev–Trinajstić information content (AvgIpc) is 3.26. The molecular formula is C24H21N5O3. The fourth-order valence-electron chi connectivity index (χ4n) is 3.65. The molecule has 4 rings (SSSR count). The molecule has 3 aromatic heterocycles. The van der Waals surface area contributed by atoms with E-state index in [2.05, 4.69) is 21.0 Å². The second-order valence-corrected chi connectivity index (χ2v) is 7.43. The van der Waals surface area contributed by atoms with Gasteiger partial charge in [-0.15, -0.1) is 0 Å². The first kappa shape index (κ1) is 21.0. The standard InChI is InChI=1S/C24H21N5O3/c1-29(2)24(31)22(30)15-8-14(10-26-11-15)18-12-27-23-21(17(18)9-25)19(13-28-23)16-6-4-5-7-20(16)32-3/h4-8,10-13,22,30H,1-3H3,(H,27,28). The fourth-order valence-corrected chi connectivity index (χ4v) is 3.65. The summed E-state index contributed by atoms with van der Waals surface area (Å²) in [5.41, 5.74) is 4.05. The quantitative estimate of drug-likeness (QED) is 0.505. The van der Waals surface area contributed by atoms with Crippen LogP contribution in [0.3, 0.4) is 0 Å². The molecule has 1 aromatic carbocycles. The SMILES string of the molecule is COc1ccccc1-c1c[nH]c2ncc(-c3cncc(C(O)C(=O)N(C)C)c3)c(C#N)c12. The highest BCUT2D eigenvalue weighted by atomic mass is 16.5. The van der Waals surface area contributed by atoms with Crippen molar-refractivity contribution in [1.29, 1.82) is 5.26 Å². The number of nitrogens with zero attached hydrogens (tertiary/aromatic N) is 4. The van der Waals surface area contributed by atoms with Gasteiger partial charge in [0.25, 0.3) is 5.91 Å². The number of carbonyl (C=O) groups excluding carboxylic acids is 1. The summed E-state index contributed by atoms with van der Waals surface area (Å²) < 4.78 is 5.50. The number of nitriles is 1. The van der Waals surface area contributed by atoms with Crippen LogP contribution < -0.4 is 4.74 Å². The van der Waals surface area contributed by atoms with Gasteiger partial charge in [0.15, 0.2) is 6.10 Å². The van der Waals surface area contributed by atoms with Gasteiger partial charge in [0, 0.05) is 72.1 Å². The molecule has 2 N–H and O–H groups in total. The van der Waals surface area contributed by atoms with Crippen molar-refractivity contribution in [3.05, 3.63) is 66.2 Å². The largest absolute Gasteiger partial charge is 0.496 e. The van der Waals surface area contributed by atoms with Crippen molar-refractivity contribution in [2.24, 2.45) is 0 Å². The summed E-state index contributed by atoms with van der Waals surface area (Å²) in [6.45, 7) is 0. The number of aliphatic hydroxyl groups is 1. The molecule has 0 aliphatic rings. The number of carbonyl (C=O) groups is 1. The van der Waals surface area contributed by atoms with Crippen LogP contribution in [-0.4, -0.2) is 52.1 Å². The highest BCUT2D eigenvalue weighted by Gasteiger charge is 2.22. The predicted molar refractivity (Wildman–Crippen MR) is 120 cm³/mol. The van der Waals surface area contributed by atoms with E-state index in [-0.39, 0.29) is 0 Å². The monoisotopic (exact) mass is 427 g/mol. The summed E-state index contributed by atoms with van der Waals surface area (Å²) in [6.07, 6.45) is 5.05. The Morgan fingerprint density at radius 2 is 1.97 bits per heavy atom. The Labute approximate surface area is 184 Å². The van der Waals surface area contributed by atoms with Crippen LogP contribution in [0.25, 0.3) is 33.3 Å². The number of rotatable bonds is 5. The lowest BCUT2D eigenvalue weighted by atomic mass is 9.95. The molecule has 0 aliphatic heterocycles. The number of ether oxygens (including phenoxy) is 1. The van der Waals surface area contributed by atoms with E-state index in [0.29, 0.717) is 39.0 Å². The van der Waals surface area contributed by atoms with Crippen molar-refractivity contribution >= 4 is 16.9 Å². The molecule has 0 radical (unpaired) electrons. The van der Waals surface area contributed by atoms with Crippen LogP contribution in [0.15, 0.2) is 55.1 Å². The van der Waals surface area contributed by atoms with E-state index in [9.17, 15) is 15.2 Å². The summed E-state index contributed by atoms with van der Waals surface area (Å²) in [7, 11) is 4.74. The molecular weight excluding hydrogens is 406 g/mol. The van der Waals surface area contributed by atoms with Crippen LogP contribution in [-0.2, 0) is 4.79 Å². The Bertz CT molecular complexity index is 1350. The summed E-state index contributed by atoms with van der Waals surface area (Å²) in [4.78, 5) is 25.3. The average molecular weight is 427 g/mol. The summed E-state index contributed by atoms with van der Waals surface area (Å²) in [5, 5.41) is 21.2. The Morgan fingerprint density at radius 1 is 1.19 bits per heavy atom. The van der Waals surface area contributed by atoms with Crippen LogP contribution in [0.4, 0.5) is 0 Å². The minimum Gasteiger partial charge on any atom is -0.496 e. The van der Waals surface area contributed by atoms with Crippen LogP contribution in [0, 0.1) is 11.3 Å². The summed E-state index contributed by atoms with van der Waals surface area (Å²) in [6, 6.07) is 11.5. The molecule has 1 amide bonds. The van der Waals surface area contributed by atoms with Gasteiger partial charge in [-0.2, -0.15) is 5.26 Å². The highest BCUT2D eigenvalue weighted by molar-refractivity contribution is 6.02. The first-order valence-corrected chi connectivity index (χ1v) is 9.84. The van der Waals surface area contributed by atoms with Crippen molar-refractivity contribution < 1.29 is 14.6 Å². The van der Waals surface area contributed by atoms with Gasteiger partial charge < -0.3 is 19.7 Å². The van der Waals surface area contributed by atoms with Gasteiger partial charge in [0.2, 0.25) is 0 Å². The Hall–Kier alpha value is -4.22.